The zero-order chi connectivity index (χ0) is 18.4. The molecule has 4 nitrogen and oxygen atoms in total. The number of carboxylic acid groups (broad SMARTS) is 1. The molecule has 2 rings (SSSR count). The number of benzene rings is 1. The number of halogens is 1. The quantitative estimate of drug-likeness (QED) is 0.679. The molecular weight excluding hydrogens is 338 g/mol. The molecule has 1 aromatic rings. The van der Waals surface area contributed by atoms with Crippen LogP contribution in [0.25, 0.3) is 0 Å². The maximum Gasteiger partial charge on any atom is 0.310 e. The van der Waals surface area contributed by atoms with Crippen LogP contribution in [0.5, 0.6) is 0 Å². The lowest BCUT2D eigenvalue weighted by Crippen LogP contribution is -2.35. The van der Waals surface area contributed by atoms with Crippen molar-refractivity contribution in [3.8, 4) is 0 Å². The van der Waals surface area contributed by atoms with Gasteiger partial charge in [0.05, 0.1) is 5.41 Å². The smallest absolute Gasteiger partial charge is 0.310 e. The highest BCUT2D eigenvalue weighted by Gasteiger charge is 2.40. The molecule has 0 aromatic heterocycles. The van der Waals surface area contributed by atoms with Gasteiger partial charge in [0.2, 0.25) is 5.91 Å². The molecule has 0 radical (unpaired) electrons. The Morgan fingerprint density at radius 2 is 1.76 bits per heavy atom. The van der Waals surface area contributed by atoms with Gasteiger partial charge in [-0.05, 0) is 42.9 Å². The number of carboxylic acids is 1. The van der Waals surface area contributed by atoms with E-state index < -0.39 is 11.4 Å². The van der Waals surface area contributed by atoms with Gasteiger partial charge in [-0.3, -0.25) is 9.59 Å². The van der Waals surface area contributed by atoms with Gasteiger partial charge in [-0.25, -0.2) is 0 Å². The van der Waals surface area contributed by atoms with Crippen LogP contribution in [0.2, 0.25) is 5.02 Å². The molecule has 1 aliphatic rings. The van der Waals surface area contributed by atoms with Crippen molar-refractivity contribution in [3.05, 3.63) is 28.3 Å². The standard InChI is InChI=1S/C20H28ClNO3/c1-3-14-9-10-16(21)15(4-2)18(14)22-17(23)13-20(19(24)25)11-7-5-6-8-12-20/h9-10H,3-8,11-13H2,1-2H3,(H,22,23)(H,24,25). The lowest BCUT2D eigenvalue weighted by atomic mass is 9.77. The van der Waals surface area contributed by atoms with E-state index in [2.05, 4.69) is 5.32 Å². The number of nitrogens with one attached hydrogen (secondary N) is 1. The molecule has 0 saturated heterocycles. The van der Waals surface area contributed by atoms with Crippen LogP contribution in [0.1, 0.15) is 69.9 Å². The average molecular weight is 366 g/mol. The van der Waals surface area contributed by atoms with Crippen molar-refractivity contribution in [1.82, 2.24) is 0 Å². The van der Waals surface area contributed by atoms with Gasteiger partial charge in [-0.15, -0.1) is 0 Å². The maximum absolute atomic E-state index is 12.7. The summed E-state index contributed by atoms with van der Waals surface area (Å²) in [7, 11) is 0. The highest BCUT2D eigenvalue weighted by atomic mass is 35.5. The minimum absolute atomic E-state index is 0.0289. The van der Waals surface area contributed by atoms with E-state index >= 15 is 0 Å². The monoisotopic (exact) mass is 365 g/mol. The van der Waals surface area contributed by atoms with E-state index in [4.69, 9.17) is 11.6 Å². The molecule has 0 bridgehead atoms. The molecule has 2 N–H and O–H groups in total. The van der Waals surface area contributed by atoms with Gasteiger partial charge in [0, 0.05) is 17.1 Å². The number of carbonyl (C=O) groups excluding carboxylic acids is 1. The predicted molar refractivity (Wildman–Crippen MR) is 101 cm³/mol. The molecule has 5 heteroatoms. The maximum atomic E-state index is 12.7. The van der Waals surface area contributed by atoms with Gasteiger partial charge >= 0.3 is 5.97 Å². The summed E-state index contributed by atoms with van der Waals surface area (Å²) in [6, 6.07) is 3.79. The van der Waals surface area contributed by atoms with E-state index in [9.17, 15) is 14.7 Å². The zero-order valence-electron chi connectivity index (χ0n) is 15.2. The molecule has 0 spiro atoms. The van der Waals surface area contributed by atoms with Crippen molar-refractivity contribution in [3.63, 3.8) is 0 Å². The van der Waals surface area contributed by atoms with E-state index in [1.165, 1.54) is 0 Å². The van der Waals surface area contributed by atoms with Gasteiger partial charge in [-0.1, -0.05) is 57.2 Å². The molecule has 25 heavy (non-hydrogen) atoms. The van der Waals surface area contributed by atoms with Crippen molar-refractivity contribution in [2.75, 3.05) is 5.32 Å². The Morgan fingerprint density at radius 3 is 2.28 bits per heavy atom. The van der Waals surface area contributed by atoms with Crippen molar-refractivity contribution < 1.29 is 14.7 Å². The molecule has 0 unspecified atom stereocenters. The van der Waals surface area contributed by atoms with E-state index in [0.29, 0.717) is 24.3 Å². The number of hydrogen-bond acceptors (Lipinski definition) is 2. The van der Waals surface area contributed by atoms with Gasteiger partial charge in [0.25, 0.3) is 0 Å². The normalized spacial score (nSPS) is 16.9. The minimum Gasteiger partial charge on any atom is -0.481 e. The van der Waals surface area contributed by atoms with Crippen LogP contribution in [0.4, 0.5) is 5.69 Å². The van der Waals surface area contributed by atoms with Gasteiger partial charge in [0.15, 0.2) is 0 Å². The predicted octanol–water partition coefficient (Wildman–Crippen LogP) is 5.22. The van der Waals surface area contributed by atoms with Gasteiger partial charge in [0.1, 0.15) is 0 Å². The first kappa shape index (κ1) is 19.8. The Balaban J connectivity index is 2.24. The topological polar surface area (TPSA) is 66.4 Å². The largest absolute Gasteiger partial charge is 0.481 e. The minimum atomic E-state index is -0.933. The fraction of sp³-hybridized carbons (Fsp3) is 0.600. The second-order valence-electron chi connectivity index (χ2n) is 6.99. The first-order chi connectivity index (χ1) is 11.9. The summed E-state index contributed by atoms with van der Waals surface area (Å²) in [6.45, 7) is 4.03. The first-order valence-electron chi connectivity index (χ1n) is 9.27. The molecule has 0 atom stereocenters. The number of rotatable bonds is 6. The molecule has 138 valence electrons. The van der Waals surface area contributed by atoms with Crippen molar-refractivity contribution >= 4 is 29.2 Å². The second kappa shape index (κ2) is 8.70. The third-order valence-electron chi connectivity index (χ3n) is 5.35. The van der Waals surface area contributed by atoms with Crippen LogP contribution in [-0.4, -0.2) is 17.0 Å². The van der Waals surface area contributed by atoms with Crippen molar-refractivity contribution in [2.45, 2.75) is 71.6 Å². The summed E-state index contributed by atoms with van der Waals surface area (Å²) >= 11 is 6.29. The van der Waals surface area contributed by atoms with E-state index in [1.54, 1.807) is 0 Å². The lowest BCUT2D eigenvalue weighted by Gasteiger charge is -2.27. The average Bonchev–Trinajstić information content (AvgIpc) is 2.82. The number of amides is 1. The Bertz CT molecular complexity index is 634. The molecule has 1 aromatic carbocycles. The summed E-state index contributed by atoms with van der Waals surface area (Å²) in [4.78, 5) is 24.6. The lowest BCUT2D eigenvalue weighted by molar-refractivity contribution is -0.152. The molecule has 1 amide bonds. The molecule has 1 saturated carbocycles. The third kappa shape index (κ3) is 4.55. The zero-order valence-corrected chi connectivity index (χ0v) is 15.9. The van der Waals surface area contributed by atoms with Crippen LogP contribution in [0, 0.1) is 5.41 Å². The first-order valence-corrected chi connectivity index (χ1v) is 9.65. The second-order valence-corrected chi connectivity index (χ2v) is 7.40. The summed E-state index contributed by atoms with van der Waals surface area (Å²) in [5.74, 6) is -1.07. The highest BCUT2D eigenvalue weighted by molar-refractivity contribution is 6.32. The number of hydrogen-bond donors (Lipinski definition) is 2. The van der Waals surface area contributed by atoms with E-state index in [-0.39, 0.29) is 12.3 Å². The molecular formula is C20H28ClNO3. The fourth-order valence-electron chi connectivity index (χ4n) is 3.83. The summed E-state index contributed by atoms with van der Waals surface area (Å²) in [6.07, 6.45) is 6.51. The Hall–Kier alpha value is -1.55. The van der Waals surface area contributed by atoms with Gasteiger partial charge < -0.3 is 10.4 Å². The fourth-order valence-corrected chi connectivity index (χ4v) is 4.12. The summed E-state index contributed by atoms with van der Waals surface area (Å²) < 4.78 is 0. The van der Waals surface area contributed by atoms with E-state index in [0.717, 1.165) is 48.9 Å². The molecule has 1 aliphatic carbocycles. The molecule has 1 fully saturated rings. The van der Waals surface area contributed by atoms with Crippen LogP contribution in [0.3, 0.4) is 0 Å². The number of aryl methyl sites for hydroxylation is 1. The Kier molecular flexibility index (Phi) is 6.88. The van der Waals surface area contributed by atoms with Crippen LogP contribution < -0.4 is 5.32 Å². The summed E-state index contributed by atoms with van der Waals surface area (Å²) in [5.41, 5.74) is 1.77. The van der Waals surface area contributed by atoms with Crippen LogP contribution >= 0.6 is 11.6 Å². The SMILES string of the molecule is CCc1ccc(Cl)c(CC)c1NC(=O)CC1(C(=O)O)CCCCCC1. The molecule has 0 heterocycles. The molecule has 0 aliphatic heterocycles. The number of carbonyl (C=O) groups is 2. The van der Waals surface area contributed by atoms with Crippen LogP contribution in [-0.2, 0) is 22.4 Å². The van der Waals surface area contributed by atoms with Crippen LogP contribution in [0.15, 0.2) is 12.1 Å². The summed E-state index contributed by atoms with van der Waals surface area (Å²) in [5, 5.41) is 13.4. The van der Waals surface area contributed by atoms with Crippen molar-refractivity contribution in [2.24, 2.45) is 5.41 Å². The Morgan fingerprint density at radius 1 is 1.12 bits per heavy atom. The van der Waals surface area contributed by atoms with Gasteiger partial charge in [-0.2, -0.15) is 0 Å². The highest BCUT2D eigenvalue weighted by Crippen LogP contribution is 2.39. The van der Waals surface area contributed by atoms with E-state index in [1.807, 2.05) is 26.0 Å². The van der Waals surface area contributed by atoms with Crippen molar-refractivity contribution in [1.29, 1.82) is 0 Å². The Labute approximate surface area is 155 Å². The third-order valence-corrected chi connectivity index (χ3v) is 5.71. The number of anilines is 1. The number of aliphatic carboxylic acids is 1.